The van der Waals surface area contributed by atoms with Gasteiger partial charge in [-0.3, -0.25) is 9.59 Å². The van der Waals surface area contributed by atoms with Gasteiger partial charge in [0.25, 0.3) is 5.56 Å². The van der Waals surface area contributed by atoms with Gasteiger partial charge in [-0.1, -0.05) is 12.1 Å². The summed E-state index contributed by atoms with van der Waals surface area (Å²) in [5.41, 5.74) is 2.98. The van der Waals surface area contributed by atoms with Gasteiger partial charge in [-0.15, -0.1) is 0 Å². The summed E-state index contributed by atoms with van der Waals surface area (Å²) in [6, 6.07) is 11.3. The Morgan fingerprint density at radius 3 is 2.77 bits per heavy atom. The van der Waals surface area contributed by atoms with Crippen LogP contribution in [-0.4, -0.2) is 41.7 Å². The van der Waals surface area contributed by atoms with Gasteiger partial charge in [0.05, 0.1) is 13.2 Å². The molecular formula is C24H26N2O4. The fourth-order valence-electron chi connectivity index (χ4n) is 4.84. The first-order valence-corrected chi connectivity index (χ1v) is 10.7. The van der Waals surface area contributed by atoms with E-state index in [1.54, 1.807) is 12.1 Å². The third kappa shape index (κ3) is 3.51. The number of piperidine rings is 1. The van der Waals surface area contributed by atoms with Crippen molar-refractivity contribution in [3.8, 4) is 11.5 Å². The molecule has 0 N–H and O–H groups in total. The minimum absolute atomic E-state index is 0.0287. The van der Waals surface area contributed by atoms with Crippen LogP contribution < -0.4 is 15.0 Å². The summed E-state index contributed by atoms with van der Waals surface area (Å²) in [6.45, 7) is 5.30. The minimum atomic E-state index is 0.0287. The van der Waals surface area contributed by atoms with Crippen LogP contribution in [-0.2, 0) is 11.3 Å². The number of fused-ring (bicyclic) bond motifs is 5. The normalized spacial score (nSPS) is 22.8. The van der Waals surface area contributed by atoms with E-state index in [2.05, 4.69) is 0 Å². The van der Waals surface area contributed by atoms with Crippen molar-refractivity contribution in [2.75, 3.05) is 26.3 Å². The van der Waals surface area contributed by atoms with Crippen molar-refractivity contribution in [3.05, 3.63) is 64.1 Å². The first-order valence-electron chi connectivity index (χ1n) is 10.7. The van der Waals surface area contributed by atoms with Crippen molar-refractivity contribution < 1.29 is 14.3 Å². The highest BCUT2D eigenvalue weighted by atomic mass is 16.5. The molecule has 2 aromatic rings. The van der Waals surface area contributed by atoms with Gasteiger partial charge < -0.3 is 18.9 Å². The van der Waals surface area contributed by atoms with E-state index in [1.807, 2.05) is 46.7 Å². The quantitative estimate of drug-likeness (QED) is 0.720. The molecule has 1 aromatic heterocycles. The average Bonchev–Trinajstić information content (AvgIpc) is 2.99. The Morgan fingerprint density at radius 2 is 1.90 bits per heavy atom. The van der Waals surface area contributed by atoms with Crippen molar-refractivity contribution >= 4 is 11.5 Å². The molecule has 0 spiro atoms. The summed E-state index contributed by atoms with van der Waals surface area (Å²) >= 11 is 0. The number of rotatable bonds is 2. The number of hydrogen-bond donors (Lipinski definition) is 0. The highest BCUT2D eigenvalue weighted by Gasteiger charge is 2.35. The Kier molecular flexibility index (Phi) is 4.85. The van der Waals surface area contributed by atoms with E-state index < -0.39 is 0 Å². The number of pyridine rings is 1. The number of amides is 1. The van der Waals surface area contributed by atoms with E-state index in [9.17, 15) is 9.59 Å². The fraction of sp³-hybridized carbons (Fsp3) is 0.417. The Morgan fingerprint density at radius 1 is 1.07 bits per heavy atom. The second kappa shape index (κ2) is 7.67. The lowest BCUT2D eigenvalue weighted by atomic mass is 9.83. The molecule has 6 heteroatoms. The standard InChI is InChI=1S/C24H26N2O4/c1-16(18-6-7-21-22(12-18)30-9-3-8-29-21)10-24(28)25-13-17-11-19(15-25)20-4-2-5-23(27)26(20)14-17/h2,4-7,10,12,17,19H,3,8-9,11,13-15H2,1H3. The van der Waals surface area contributed by atoms with Crippen molar-refractivity contribution in [2.45, 2.75) is 32.2 Å². The number of nitrogens with zero attached hydrogens (tertiary/aromatic N) is 2. The predicted molar refractivity (Wildman–Crippen MR) is 114 cm³/mol. The van der Waals surface area contributed by atoms with E-state index in [4.69, 9.17) is 9.47 Å². The van der Waals surface area contributed by atoms with Crippen molar-refractivity contribution in [1.82, 2.24) is 9.47 Å². The van der Waals surface area contributed by atoms with Gasteiger partial charge in [-0.05, 0) is 48.6 Å². The monoisotopic (exact) mass is 406 g/mol. The van der Waals surface area contributed by atoms with Crippen molar-refractivity contribution in [2.24, 2.45) is 5.92 Å². The molecule has 6 nitrogen and oxygen atoms in total. The molecule has 2 atom stereocenters. The highest BCUT2D eigenvalue weighted by Crippen LogP contribution is 2.36. The van der Waals surface area contributed by atoms with E-state index in [1.165, 1.54) is 0 Å². The molecule has 2 bridgehead atoms. The predicted octanol–water partition coefficient (Wildman–Crippen LogP) is 3.06. The maximum Gasteiger partial charge on any atom is 0.250 e. The van der Waals surface area contributed by atoms with Crippen LogP contribution in [0.2, 0.25) is 0 Å². The number of ether oxygens (including phenoxy) is 2. The second-order valence-electron chi connectivity index (χ2n) is 8.48. The summed E-state index contributed by atoms with van der Waals surface area (Å²) in [4.78, 5) is 27.2. The molecule has 1 aromatic carbocycles. The van der Waals surface area contributed by atoms with E-state index in [-0.39, 0.29) is 17.4 Å². The van der Waals surface area contributed by atoms with Crippen LogP contribution in [0, 0.1) is 5.92 Å². The van der Waals surface area contributed by atoms with E-state index >= 15 is 0 Å². The number of aromatic nitrogens is 1. The summed E-state index contributed by atoms with van der Waals surface area (Å²) in [5, 5.41) is 0. The molecule has 0 radical (unpaired) electrons. The molecule has 1 amide bonds. The van der Waals surface area contributed by atoms with E-state index in [0.29, 0.717) is 38.8 Å². The largest absolute Gasteiger partial charge is 0.490 e. The Balaban J connectivity index is 1.35. The zero-order valence-electron chi connectivity index (χ0n) is 17.2. The topological polar surface area (TPSA) is 60.8 Å². The Labute approximate surface area is 175 Å². The van der Waals surface area contributed by atoms with Gasteiger partial charge >= 0.3 is 0 Å². The van der Waals surface area contributed by atoms with Crippen LogP contribution in [0.3, 0.4) is 0 Å². The maximum atomic E-state index is 13.1. The smallest absolute Gasteiger partial charge is 0.250 e. The lowest BCUT2D eigenvalue weighted by Crippen LogP contribution is -2.48. The van der Waals surface area contributed by atoms with Crippen LogP contribution >= 0.6 is 0 Å². The maximum absolute atomic E-state index is 13.1. The number of carbonyl (C=O) groups is 1. The molecule has 0 saturated carbocycles. The summed E-state index contributed by atoms with van der Waals surface area (Å²) in [7, 11) is 0. The molecule has 5 rings (SSSR count). The Hall–Kier alpha value is -3.02. The van der Waals surface area contributed by atoms with Crippen LogP contribution in [0.1, 0.15) is 36.9 Å². The number of carbonyl (C=O) groups excluding carboxylic acids is 1. The molecule has 1 fully saturated rings. The summed E-state index contributed by atoms with van der Waals surface area (Å²) < 4.78 is 13.4. The van der Waals surface area contributed by atoms with E-state index in [0.717, 1.165) is 41.2 Å². The van der Waals surface area contributed by atoms with Gasteiger partial charge in [-0.2, -0.15) is 0 Å². The molecule has 3 aliphatic rings. The SMILES string of the molecule is CC(=CC(=O)N1CC2CC(C1)c1cccc(=O)n1C2)c1ccc2c(c1)OCCCO2. The zero-order chi connectivity index (χ0) is 20.7. The third-order valence-corrected chi connectivity index (χ3v) is 6.33. The number of allylic oxidation sites excluding steroid dienone is 1. The molecule has 30 heavy (non-hydrogen) atoms. The molecule has 4 heterocycles. The van der Waals surface area contributed by atoms with Crippen LogP contribution in [0.25, 0.3) is 5.57 Å². The first kappa shape index (κ1) is 19.0. The number of benzene rings is 1. The van der Waals surface area contributed by atoms with Gasteiger partial charge in [-0.25, -0.2) is 0 Å². The van der Waals surface area contributed by atoms with Crippen LogP contribution in [0.15, 0.2) is 47.3 Å². The molecule has 3 aliphatic heterocycles. The third-order valence-electron chi connectivity index (χ3n) is 6.33. The molecular weight excluding hydrogens is 380 g/mol. The Bertz CT molecular complexity index is 1070. The number of hydrogen-bond acceptors (Lipinski definition) is 4. The molecule has 0 aliphatic carbocycles. The van der Waals surface area contributed by atoms with Gasteiger partial charge in [0.15, 0.2) is 11.5 Å². The zero-order valence-corrected chi connectivity index (χ0v) is 17.2. The van der Waals surface area contributed by atoms with Gasteiger partial charge in [0.1, 0.15) is 0 Å². The van der Waals surface area contributed by atoms with Crippen molar-refractivity contribution in [1.29, 1.82) is 0 Å². The average molecular weight is 406 g/mol. The molecule has 1 saturated heterocycles. The van der Waals surface area contributed by atoms with Crippen LogP contribution in [0.5, 0.6) is 11.5 Å². The summed E-state index contributed by atoms with van der Waals surface area (Å²) in [5.74, 6) is 2.07. The van der Waals surface area contributed by atoms with Crippen LogP contribution in [0.4, 0.5) is 0 Å². The molecule has 2 unspecified atom stereocenters. The fourth-order valence-corrected chi connectivity index (χ4v) is 4.84. The minimum Gasteiger partial charge on any atom is -0.490 e. The highest BCUT2D eigenvalue weighted by molar-refractivity contribution is 5.95. The summed E-state index contributed by atoms with van der Waals surface area (Å²) in [6.07, 6.45) is 3.63. The second-order valence-corrected chi connectivity index (χ2v) is 8.48. The van der Waals surface area contributed by atoms with Crippen molar-refractivity contribution in [3.63, 3.8) is 0 Å². The molecule has 156 valence electrons. The lowest BCUT2D eigenvalue weighted by Gasteiger charge is -2.42. The lowest BCUT2D eigenvalue weighted by molar-refractivity contribution is -0.128. The van der Waals surface area contributed by atoms with Gasteiger partial charge in [0, 0.05) is 49.8 Å². The number of likely N-dealkylation sites (tertiary alicyclic amines) is 1. The van der Waals surface area contributed by atoms with Gasteiger partial charge in [0.2, 0.25) is 5.91 Å². The first-order chi connectivity index (χ1) is 14.6.